The summed E-state index contributed by atoms with van der Waals surface area (Å²) in [4.78, 5) is 0.632. The summed E-state index contributed by atoms with van der Waals surface area (Å²) >= 11 is 1.43. The van der Waals surface area contributed by atoms with Crippen molar-refractivity contribution in [2.75, 3.05) is 5.75 Å². The molecule has 0 amide bonds. The molecule has 2 aromatic rings. The van der Waals surface area contributed by atoms with Gasteiger partial charge in [-0.25, -0.2) is 4.39 Å². The van der Waals surface area contributed by atoms with Crippen LogP contribution in [0.1, 0.15) is 5.69 Å². The van der Waals surface area contributed by atoms with Crippen LogP contribution in [0.5, 0.6) is 0 Å². The van der Waals surface area contributed by atoms with Crippen molar-refractivity contribution < 1.29 is 4.39 Å². The maximum atomic E-state index is 13.4. The number of thioether (sulfide) groups is 1. The molecule has 18 heavy (non-hydrogen) atoms. The average Bonchev–Trinajstić information content (AvgIpc) is 2.74. The van der Waals surface area contributed by atoms with Gasteiger partial charge in [0, 0.05) is 36.4 Å². The molecule has 1 atom stereocenters. The van der Waals surface area contributed by atoms with Crippen molar-refractivity contribution in [3.63, 3.8) is 0 Å². The lowest BCUT2D eigenvalue weighted by molar-refractivity contribution is 0.601. The van der Waals surface area contributed by atoms with E-state index in [2.05, 4.69) is 10.3 Å². The molecule has 2 N–H and O–H groups in total. The third-order valence-electron chi connectivity index (χ3n) is 2.41. The number of aryl methyl sites for hydroxylation is 1. The lowest BCUT2D eigenvalue weighted by Crippen LogP contribution is -2.25. The Kier molecular flexibility index (Phi) is 4.33. The highest BCUT2D eigenvalue weighted by atomic mass is 32.2. The summed E-state index contributed by atoms with van der Waals surface area (Å²) in [7, 11) is 1.82. The van der Waals surface area contributed by atoms with Crippen molar-refractivity contribution >= 4 is 11.8 Å². The molecule has 0 fully saturated rings. The zero-order chi connectivity index (χ0) is 13.0. The van der Waals surface area contributed by atoms with Crippen molar-refractivity contribution in [2.45, 2.75) is 17.4 Å². The molecule has 0 spiro atoms. The molecular weight excluding hydrogens is 251 g/mol. The Labute approximate surface area is 109 Å². The van der Waals surface area contributed by atoms with Crippen molar-refractivity contribution in [1.29, 1.82) is 0 Å². The Balaban J connectivity index is 1.85. The van der Waals surface area contributed by atoms with Gasteiger partial charge in [-0.3, -0.25) is 4.68 Å². The lowest BCUT2D eigenvalue weighted by atomic mass is 10.2. The maximum Gasteiger partial charge on any atom is 0.136 e. The van der Waals surface area contributed by atoms with Gasteiger partial charge in [-0.1, -0.05) is 17.3 Å². The van der Waals surface area contributed by atoms with E-state index < -0.39 is 0 Å². The van der Waals surface area contributed by atoms with E-state index in [0.29, 0.717) is 17.1 Å². The second-order valence-corrected chi connectivity index (χ2v) is 5.15. The summed E-state index contributed by atoms with van der Waals surface area (Å²) in [5.74, 6) is 0.450. The van der Waals surface area contributed by atoms with Crippen LogP contribution >= 0.6 is 11.8 Å². The maximum absolute atomic E-state index is 13.4. The van der Waals surface area contributed by atoms with Gasteiger partial charge in [-0.2, -0.15) is 0 Å². The number of aromatic nitrogens is 3. The standard InChI is InChI=1S/C12H15FN4S/c1-17-7-10(15-16-17)6-9(14)8-18-12-5-3-2-4-11(12)13/h2-5,7,9H,6,8,14H2,1H3. The minimum Gasteiger partial charge on any atom is -0.327 e. The number of rotatable bonds is 5. The quantitative estimate of drug-likeness (QED) is 0.835. The van der Waals surface area contributed by atoms with E-state index >= 15 is 0 Å². The Hall–Kier alpha value is -1.40. The van der Waals surface area contributed by atoms with Gasteiger partial charge >= 0.3 is 0 Å². The Morgan fingerprint density at radius 1 is 1.44 bits per heavy atom. The molecule has 0 saturated heterocycles. The number of hydrogen-bond acceptors (Lipinski definition) is 4. The first-order valence-corrected chi connectivity index (χ1v) is 6.62. The number of halogens is 1. The minimum atomic E-state index is -0.200. The van der Waals surface area contributed by atoms with Crippen LogP contribution in [0.2, 0.25) is 0 Å². The molecule has 0 saturated carbocycles. The second kappa shape index (κ2) is 5.97. The largest absolute Gasteiger partial charge is 0.327 e. The fourth-order valence-electron chi connectivity index (χ4n) is 1.57. The van der Waals surface area contributed by atoms with Gasteiger partial charge in [0.1, 0.15) is 5.82 Å². The molecular formula is C12H15FN4S. The van der Waals surface area contributed by atoms with E-state index in [1.54, 1.807) is 16.8 Å². The van der Waals surface area contributed by atoms with E-state index in [1.807, 2.05) is 19.3 Å². The molecule has 0 bridgehead atoms. The number of nitrogens with zero attached hydrogens (tertiary/aromatic N) is 3. The molecule has 0 aliphatic rings. The fraction of sp³-hybridized carbons (Fsp3) is 0.333. The van der Waals surface area contributed by atoms with Gasteiger partial charge in [0.25, 0.3) is 0 Å². The second-order valence-electron chi connectivity index (χ2n) is 4.09. The van der Waals surface area contributed by atoms with Crippen LogP contribution in [0.4, 0.5) is 4.39 Å². The van der Waals surface area contributed by atoms with E-state index in [0.717, 1.165) is 5.69 Å². The highest BCUT2D eigenvalue weighted by molar-refractivity contribution is 7.99. The predicted molar refractivity (Wildman–Crippen MR) is 69.8 cm³/mol. The molecule has 1 aromatic heterocycles. The molecule has 1 aromatic carbocycles. The summed E-state index contributed by atoms with van der Waals surface area (Å²) in [6.07, 6.45) is 2.49. The summed E-state index contributed by atoms with van der Waals surface area (Å²) in [5.41, 5.74) is 6.85. The van der Waals surface area contributed by atoms with Crippen LogP contribution in [-0.4, -0.2) is 26.8 Å². The van der Waals surface area contributed by atoms with Crippen LogP contribution in [-0.2, 0) is 13.5 Å². The first-order chi connectivity index (χ1) is 8.65. The third-order valence-corrected chi connectivity index (χ3v) is 3.65. The minimum absolute atomic E-state index is 0.0636. The van der Waals surface area contributed by atoms with E-state index in [-0.39, 0.29) is 11.9 Å². The van der Waals surface area contributed by atoms with Gasteiger partial charge in [0.05, 0.1) is 5.69 Å². The van der Waals surface area contributed by atoms with Crippen molar-refractivity contribution in [1.82, 2.24) is 15.0 Å². The number of nitrogens with two attached hydrogens (primary N) is 1. The van der Waals surface area contributed by atoms with Crippen LogP contribution in [0, 0.1) is 5.82 Å². The molecule has 4 nitrogen and oxygen atoms in total. The van der Waals surface area contributed by atoms with Crippen molar-refractivity contribution in [2.24, 2.45) is 12.8 Å². The Bertz CT molecular complexity index is 514. The zero-order valence-electron chi connectivity index (χ0n) is 10.1. The van der Waals surface area contributed by atoms with Crippen LogP contribution in [0.3, 0.4) is 0 Å². The molecule has 96 valence electrons. The SMILES string of the molecule is Cn1cc(CC(N)CSc2ccccc2F)nn1. The molecule has 0 aliphatic heterocycles. The van der Waals surface area contributed by atoms with Gasteiger partial charge in [-0.05, 0) is 12.1 Å². The van der Waals surface area contributed by atoms with E-state index in [4.69, 9.17) is 5.73 Å². The summed E-state index contributed by atoms with van der Waals surface area (Å²) in [5, 5.41) is 7.82. The molecule has 1 unspecified atom stereocenters. The van der Waals surface area contributed by atoms with Gasteiger partial charge < -0.3 is 5.73 Å². The summed E-state index contributed by atoms with van der Waals surface area (Å²) in [6.45, 7) is 0. The highest BCUT2D eigenvalue weighted by Crippen LogP contribution is 2.21. The molecule has 2 rings (SSSR count). The first-order valence-electron chi connectivity index (χ1n) is 5.63. The topological polar surface area (TPSA) is 56.7 Å². The number of hydrogen-bond donors (Lipinski definition) is 1. The summed E-state index contributed by atoms with van der Waals surface area (Å²) < 4.78 is 15.0. The van der Waals surface area contributed by atoms with Gasteiger partial charge in [0.15, 0.2) is 0 Å². The third kappa shape index (κ3) is 3.54. The zero-order valence-corrected chi connectivity index (χ0v) is 10.9. The lowest BCUT2D eigenvalue weighted by Gasteiger charge is -2.09. The predicted octanol–water partition coefficient (Wildman–Crippen LogP) is 1.62. The van der Waals surface area contributed by atoms with Crippen molar-refractivity contribution in [3.8, 4) is 0 Å². The van der Waals surface area contributed by atoms with Crippen LogP contribution < -0.4 is 5.73 Å². The van der Waals surface area contributed by atoms with Crippen molar-refractivity contribution in [3.05, 3.63) is 42.0 Å². The van der Waals surface area contributed by atoms with Gasteiger partial charge in [0.2, 0.25) is 0 Å². The van der Waals surface area contributed by atoms with Crippen LogP contribution in [0.25, 0.3) is 0 Å². The smallest absolute Gasteiger partial charge is 0.136 e. The van der Waals surface area contributed by atoms with Crippen LogP contribution in [0.15, 0.2) is 35.4 Å². The van der Waals surface area contributed by atoms with E-state index in [1.165, 1.54) is 17.8 Å². The monoisotopic (exact) mass is 266 g/mol. The molecule has 0 aliphatic carbocycles. The molecule has 6 heteroatoms. The Morgan fingerprint density at radius 2 is 2.22 bits per heavy atom. The fourth-order valence-corrected chi connectivity index (χ4v) is 2.47. The molecule has 0 radical (unpaired) electrons. The van der Waals surface area contributed by atoms with E-state index in [9.17, 15) is 4.39 Å². The summed E-state index contributed by atoms with van der Waals surface area (Å²) in [6, 6.07) is 6.65. The normalized spacial score (nSPS) is 12.6. The highest BCUT2D eigenvalue weighted by Gasteiger charge is 2.09. The molecule has 1 heterocycles. The number of benzene rings is 1. The average molecular weight is 266 g/mol. The van der Waals surface area contributed by atoms with Gasteiger partial charge in [-0.15, -0.1) is 16.9 Å². The first kappa shape index (κ1) is 13.0. The Morgan fingerprint density at radius 3 is 2.89 bits per heavy atom.